The van der Waals surface area contributed by atoms with Crippen molar-refractivity contribution >= 4 is 29.0 Å². The minimum atomic E-state index is -0.750. The molecule has 1 unspecified atom stereocenters. The van der Waals surface area contributed by atoms with Crippen LogP contribution in [-0.2, 0) is 4.79 Å². The van der Waals surface area contributed by atoms with Crippen LogP contribution in [0.2, 0.25) is 5.02 Å². The summed E-state index contributed by atoms with van der Waals surface area (Å²) in [5.41, 5.74) is 1.74. The van der Waals surface area contributed by atoms with Crippen LogP contribution >= 0.6 is 11.6 Å². The molecular weight excluding hydrogens is 374 g/mol. The summed E-state index contributed by atoms with van der Waals surface area (Å²) in [6.07, 6.45) is 0. The van der Waals surface area contributed by atoms with Crippen LogP contribution in [-0.4, -0.2) is 16.8 Å². The predicted octanol–water partition coefficient (Wildman–Crippen LogP) is 5.12. The maximum atomic E-state index is 13.2. The van der Waals surface area contributed by atoms with Crippen LogP contribution in [0.25, 0.3) is 0 Å². The molecule has 0 spiro atoms. The zero-order chi connectivity index (χ0) is 19.7. The quantitative estimate of drug-likeness (QED) is 0.630. The van der Waals surface area contributed by atoms with E-state index in [1.54, 1.807) is 78.9 Å². The molecule has 3 aromatic carbocycles. The van der Waals surface area contributed by atoms with Crippen LogP contribution < -0.4 is 4.90 Å². The molecule has 1 atom stereocenters. The average Bonchev–Trinajstić information content (AvgIpc) is 3.00. The van der Waals surface area contributed by atoms with E-state index in [9.17, 15) is 14.7 Å². The van der Waals surface area contributed by atoms with Crippen molar-refractivity contribution in [2.75, 3.05) is 4.90 Å². The summed E-state index contributed by atoms with van der Waals surface area (Å²) < 4.78 is 0. The molecule has 5 heteroatoms. The van der Waals surface area contributed by atoms with Gasteiger partial charge in [0, 0.05) is 16.3 Å². The number of rotatable bonds is 4. The zero-order valence-electron chi connectivity index (χ0n) is 14.7. The molecule has 0 radical (unpaired) electrons. The van der Waals surface area contributed by atoms with E-state index in [0.29, 0.717) is 21.8 Å². The number of halogens is 1. The maximum Gasteiger partial charge on any atom is 0.294 e. The molecule has 1 aliphatic rings. The molecule has 28 heavy (non-hydrogen) atoms. The van der Waals surface area contributed by atoms with Gasteiger partial charge in [-0.2, -0.15) is 0 Å². The molecule has 4 rings (SSSR count). The third-order valence-electron chi connectivity index (χ3n) is 4.71. The van der Waals surface area contributed by atoms with Crippen LogP contribution in [0, 0.1) is 0 Å². The Bertz CT molecular complexity index is 1060. The highest BCUT2D eigenvalue weighted by Crippen LogP contribution is 2.41. The normalized spacial score (nSPS) is 16.5. The van der Waals surface area contributed by atoms with Gasteiger partial charge in [-0.15, -0.1) is 0 Å². The SMILES string of the molecule is O=C(C1=C(O)C(=O)N(c2ccccc2)C1c1ccc(Cl)cc1)c1ccccc1. The molecule has 0 aromatic heterocycles. The number of hydrogen-bond acceptors (Lipinski definition) is 3. The van der Waals surface area contributed by atoms with E-state index in [1.165, 1.54) is 4.90 Å². The van der Waals surface area contributed by atoms with Crippen LogP contribution in [0.4, 0.5) is 5.69 Å². The van der Waals surface area contributed by atoms with Gasteiger partial charge in [-0.3, -0.25) is 14.5 Å². The number of Topliss-reactive ketones (excluding diaryl/α,β-unsaturated/α-hetero) is 1. The van der Waals surface area contributed by atoms with Gasteiger partial charge >= 0.3 is 0 Å². The summed E-state index contributed by atoms with van der Waals surface area (Å²) in [7, 11) is 0. The van der Waals surface area contributed by atoms with Crippen molar-refractivity contribution in [3.05, 3.63) is 112 Å². The van der Waals surface area contributed by atoms with Crippen LogP contribution in [0.3, 0.4) is 0 Å². The largest absolute Gasteiger partial charge is 0.503 e. The van der Waals surface area contributed by atoms with Gasteiger partial charge in [-0.05, 0) is 29.8 Å². The number of hydrogen-bond donors (Lipinski definition) is 1. The van der Waals surface area contributed by atoms with Gasteiger partial charge in [0.1, 0.15) is 0 Å². The maximum absolute atomic E-state index is 13.2. The van der Waals surface area contributed by atoms with E-state index in [0.717, 1.165) is 0 Å². The van der Waals surface area contributed by atoms with Crippen molar-refractivity contribution in [1.82, 2.24) is 0 Å². The van der Waals surface area contributed by atoms with Crippen molar-refractivity contribution in [2.24, 2.45) is 0 Å². The fourth-order valence-electron chi connectivity index (χ4n) is 3.40. The monoisotopic (exact) mass is 389 g/mol. The van der Waals surface area contributed by atoms with Crippen molar-refractivity contribution in [2.45, 2.75) is 6.04 Å². The topological polar surface area (TPSA) is 57.6 Å². The third kappa shape index (κ3) is 3.08. The molecule has 0 saturated heterocycles. The molecule has 1 amide bonds. The van der Waals surface area contributed by atoms with Crippen LogP contribution in [0.15, 0.2) is 96.3 Å². The van der Waals surface area contributed by atoms with Crippen molar-refractivity contribution in [3.63, 3.8) is 0 Å². The molecule has 138 valence electrons. The highest BCUT2D eigenvalue weighted by Gasteiger charge is 2.44. The van der Waals surface area contributed by atoms with Gasteiger partial charge in [-0.1, -0.05) is 72.3 Å². The molecule has 3 aromatic rings. The van der Waals surface area contributed by atoms with Crippen molar-refractivity contribution in [1.29, 1.82) is 0 Å². The first-order valence-electron chi connectivity index (χ1n) is 8.75. The standard InChI is InChI=1S/C23H16ClNO3/c24-17-13-11-15(12-14-17)20-19(21(26)16-7-3-1-4-8-16)22(27)23(28)25(20)18-9-5-2-6-10-18/h1-14,20,27H. The summed E-state index contributed by atoms with van der Waals surface area (Å²) in [4.78, 5) is 27.6. The highest BCUT2D eigenvalue weighted by atomic mass is 35.5. The predicted molar refractivity (Wildman–Crippen MR) is 109 cm³/mol. The van der Waals surface area contributed by atoms with Crippen molar-refractivity contribution in [3.8, 4) is 0 Å². The average molecular weight is 390 g/mol. The Morgan fingerprint density at radius 2 is 1.43 bits per heavy atom. The summed E-state index contributed by atoms with van der Waals surface area (Å²) in [5.74, 6) is -1.52. The van der Waals surface area contributed by atoms with Crippen LogP contribution in [0.1, 0.15) is 22.0 Å². The first-order valence-corrected chi connectivity index (χ1v) is 9.12. The summed E-state index contributed by atoms with van der Waals surface area (Å²) in [5, 5.41) is 11.2. The third-order valence-corrected chi connectivity index (χ3v) is 4.96. The Morgan fingerprint density at radius 3 is 2.04 bits per heavy atom. The lowest BCUT2D eigenvalue weighted by Gasteiger charge is -2.27. The summed E-state index contributed by atoms with van der Waals surface area (Å²) in [6.45, 7) is 0. The molecular formula is C23H16ClNO3. The number of nitrogens with zero attached hydrogens (tertiary/aromatic N) is 1. The van der Waals surface area contributed by atoms with Gasteiger partial charge in [0.05, 0.1) is 11.6 Å². The lowest BCUT2D eigenvalue weighted by molar-refractivity contribution is -0.117. The number of carbonyl (C=O) groups excluding carboxylic acids is 2. The van der Waals surface area contributed by atoms with E-state index in [2.05, 4.69) is 0 Å². The minimum absolute atomic E-state index is 0.0578. The van der Waals surface area contributed by atoms with E-state index in [4.69, 9.17) is 11.6 Å². The molecule has 1 N–H and O–H groups in total. The Morgan fingerprint density at radius 1 is 0.857 bits per heavy atom. The Hall–Kier alpha value is -3.37. The van der Waals surface area contributed by atoms with Crippen molar-refractivity contribution < 1.29 is 14.7 Å². The summed E-state index contributed by atoms with van der Waals surface area (Å²) >= 11 is 6.02. The second-order valence-corrected chi connectivity index (χ2v) is 6.86. The lowest BCUT2D eigenvalue weighted by atomic mass is 9.92. The molecule has 0 bridgehead atoms. The van der Waals surface area contributed by atoms with Gasteiger partial charge in [0.25, 0.3) is 5.91 Å². The number of ketones is 1. The highest BCUT2D eigenvalue weighted by molar-refractivity contribution is 6.30. The molecule has 1 aliphatic heterocycles. The van der Waals surface area contributed by atoms with E-state index in [1.807, 2.05) is 6.07 Å². The minimum Gasteiger partial charge on any atom is -0.503 e. The number of para-hydroxylation sites is 1. The first kappa shape index (κ1) is 18.0. The Kier molecular flexibility index (Phi) is 4.72. The number of aliphatic hydroxyl groups excluding tert-OH is 1. The van der Waals surface area contributed by atoms with Gasteiger partial charge in [0.2, 0.25) is 0 Å². The fraction of sp³-hybridized carbons (Fsp3) is 0.0435. The van der Waals surface area contributed by atoms with E-state index >= 15 is 0 Å². The molecule has 4 nitrogen and oxygen atoms in total. The number of benzene rings is 3. The first-order chi connectivity index (χ1) is 13.6. The fourth-order valence-corrected chi connectivity index (χ4v) is 3.52. The summed E-state index contributed by atoms with van der Waals surface area (Å²) in [6, 6.07) is 23.8. The Balaban J connectivity index is 1.88. The van der Waals surface area contributed by atoms with Crippen LogP contribution in [0.5, 0.6) is 0 Å². The molecule has 0 aliphatic carbocycles. The Labute approximate surface area is 167 Å². The lowest BCUT2D eigenvalue weighted by Crippen LogP contribution is -2.31. The number of amides is 1. The second kappa shape index (κ2) is 7.33. The molecule has 0 saturated carbocycles. The molecule has 1 heterocycles. The number of aliphatic hydroxyl groups is 1. The number of carbonyl (C=O) groups is 2. The zero-order valence-corrected chi connectivity index (χ0v) is 15.5. The van der Waals surface area contributed by atoms with E-state index in [-0.39, 0.29) is 11.4 Å². The van der Waals surface area contributed by atoms with E-state index < -0.39 is 17.7 Å². The van der Waals surface area contributed by atoms with Gasteiger partial charge in [-0.25, -0.2) is 0 Å². The molecule has 0 fully saturated rings. The second-order valence-electron chi connectivity index (χ2n) is 6.42. The van der Waals surface area contributed by atoms with Gasteiger partial charge in [0.15, 0.2) is 11.5 Å². The van der Waals surface area contributed by atoms with Gasteiger partial charge < -0.3 is 5.11 Å². The smallest absolute Gasteiger partial charge is 0.294 e. The number of anilines is 1.